The van der Waals surface area contributed by atoms with E-state index in [1.807, 2.05) is 69.7 Å². The molecule has 0 unspecified atom stereocenters. The van der Waals surface area contributed by atoms with Gasteiger partial charge in [-0.15, -0.1) is 0 Å². The molecule has 0 spiro atoms. The highest BCUT2D eigenvalue weighted by atomic mass is 79.9. The van der Waals surface area contributed by atoms with Gasteiger partial charge in [0.15, 0.2) is 0 Å². The summed E-state index contributed by atoms with van der Waals surface area (Å²) in [7, 11) is 7.52. The number of aromatic nitrogens is 1. The van der Waals surface area contributed by atoms with Crippen molar-refractivity contribution in [3.63, 3.8) is 0 Å². The zero-order valence-corrected chi connectivity index (χ0v) is 20.6. The molecule has 1 aliphatic heterocycles. The minimum atomic E-state index is -0.293. The van der Waals surface area contributed by atoms with Crippen LogP contribution in [0.25, 0.3) is 32.9 Å². The van der Waals surface area contributed by atoms with E-state index in [4.69, 9.17) is 4.74 Å². The molecule has 33 heavy (non-hydrogen) atoms. The predicted octanol–water partition coefficient (Wildman–Crippen LogP) is 4.93. The molecule has 4 aromatic rings. The fourth-order valence-corrected chi connectivity index (χ4v) is 4.93. The van der Waals surface area contributed by atoms with Gasteiger partial charge in [-0.1, -0.05) is 34.1 Å². The Balaban J connectivity index is 1.84. The van der Waals surface area contributed by atoms with Gasteiger partial charge in [0.1, 0.15) is 12.4 Å². The van der Waals surface area contributed by atoms with E-state index in [-0.39, 0.29) is 11.8 Å². The van der Waals surface area contributed by atoms with Crippen molar-refractivity contribution >= 4 is 49.6 Å². The summed E-state index contributed by atoms with van der Waals surface area (Å²) in [6, 6.07) is 15.7. The maximum Gasteiger partial charge on any atom is 0.262 e. The van der Waals surface area contributed by atoms with Gasteiger partial charge in [0.25, 0.3) is 11.8 Å². The van der Waals surface area contributed by atoms with E-state index in [1.165, 1.54) is 4.90 Å². The van der Waals surface area contributed by atoms with Gasteiger partial charge < -0.3 is 14.2 Å². The molecule has 0 aliphatic carbocycles. The number of rotatable bonds is 5. The largest absolute Gasteiger partial charge is 0.492 e. The van der Waals surface area contributed by atoms with Gasteiger partial charge in [-0.3, -0.25) is 14.5 Å². The van der Waals surface area contributed by atoms with E-state index in [9.17, 15) is 9.59 Å². The summed E-state index contributed by atoms with van der Waals surface area (Å²) in [4.78, 5) is 29.9. The third-order valence-electron chi connectivity index (χ3n) is 6.27. The highest BCUT2D eigenvalue weighted by Gasteiger charge is 2.39. The molecule has 7 heteroatoms. The fourth-order valence-electron chi connectivity index (χ4n) is 4.57. The number of carbonyl (C=O) groups excluding carboxylic acids is 2. The lowest BCUT2D eigenvalue weighted by Gasteiger charge is -2.16. The van der Waals surface area contributed by atoms with Gasteiger partial charge in [-0.05, 0) is 44.4 Å². The molecule has 5 rings (SSSR count). The number of fused-ring (bicyclic) bond motifs is 5. The first-order chi connectivity index (χ1) is 15.8. The maximum absolute atomic E-state index is 13.3. The quantitative estimate of drug-likeness (QED) is 0.361. The number of halogens is 1. The van der Waals surface area contributed by atoms with Crippen molar-refractivity contribution < 1.29 is 14.3 Å². The van der Waals surface area contributed by atoms with Crippen LogP contribution in [0.2, 0.25) is 0 Å². The molecule has 1 aromatic heterocycles. The van der Waals surface area contributed by atoms with E-state index in [0.29, 0.717) is 29.0 Å². The normalized spacial score (nSPS) is 13.6. The second kappa shape index (κ2) is 8.01. The molecule has 0 atom stereocenters. The Bertz CT molecular complexity index is 1450. The Labute approximate surface area is 200 Å². The molecule has 0 fully saturated rings. The minimum absolute atomic E-state index is 0.275. The molecule has 0 saturated carbocycles. The van der Waals surface area contributed by atoms with Gasteiger partial charge >= 0.3 is 0 Å². The first-order valence-electron chi connectivity index (χ1n) is 10.7. The molecule has 2 amide bonds. The van der Waals surface area contributed by atoms with Crippen molar-refractivity contribution in [2.24, 2.45) is 7.05 Å². The molecule has 2 heterocycles. The minimum Gasteiger partial charge on any atom is -0.492 e. The van der Waals surface area contributed by atoms with Gasteiger partial charge in [0.05, 0.1) is 16.6 Å². The molecule has 168 valence electrons. The van der Waals surface area contributed by atoms with Crippen molar-refractivity contribution in [2.45, 2.75) is 0 Å². The zero-order valence-electron chi connectivity index (χ0n) is 19.0. The number of hydrogen-bond donors (Lipinski definition) is 0. The third kappa shape index (κ3) is 3.34. The number of aryl methyl sites for hydroxylation is 1. The summed E-state index contributed by atoms with van der Waals surface area (Å²) in [6.45, 7) is 1.27. The lowest BCUT2D eigenvalue weighted by atomic mass is 9.92. The maximum atomic E-state index is 13.3. The number of nitrogens with zero attached hydrogens (tertiary/aromatic N) is 3. The van der Waals surface area contributed by atoms with E-state index >= 15 is 0 Å². The number of para-hydroxylation sites is 1. The predicted molar refractivity (Wildman–Crippen MR) is 134 cm³/mol. The van der Waals surface area contributed by atoms with Crippen LogP contribution in [0.4, 0.5) is 0 Å². The van der Waals surface area contributed by atoms with Crippen molar-refractivity contribution in [1.82, 2.24) is 14.4 Å². The number of benzene rings is 3. The average molecular weight is 506 g/mol. The first-order valence-corrected chi connectivity index (χ1v) is 11.5. The summed E-state index contributed by atoms with van der Waals surface area (Å²) >= 11 is 3.57. The molecular weight excluding hydrogens is 482 g/mol. The molecule has 6 nitrogen and oxygen atoms in total. The number of amides is 2. The zero-order chi connectivity index (χ0) is 23.4. The molecule has 1 aliphatic rings. The number of likely N-dealkylation sites (N-methyl/N-ethyl adjacent to an activating group) is 1. The average Bonchev–Trinajstić information content (AvgIpc) is 3.20. The van der Waals surface area contributed by atoms with Crippen LogP contribution < -0.4 is 4.74 Å². The third-order valence-corrected chi connectivity index (χ3v) is 6.76. The van der Waals surface area contributed by atoms with Crippen molar-refractivity contribution in [1.29, 1.82) is 0 Å². The summed E-state index contributed by atoms with van der Waals surface area (Å²) in [6.07, 6.45) is 0. The molecule has 0 N–H and O–H groups in total. The van der Waals surface area contributed by atoms with Crippen LogP contribution in [0.15, 0.2) is 53.0 Å². The number of imide groups is 1. The Morgan fingerprint density at radius 2 is 1.64 bits per heavy atom. The van der Waals surface area contributed by atoms with E-state index in [2.05, 4.69) is 25.4 Å². The Hall–Kier alpha value is -3.16. The van der Waals surface area contributed by atoms with Crippen LogP contribution in [-0.4, -0.2) is 60.5 Å². The monoisotopic (exact) mass is 505 g/mol. The first kappa shape index (κ1) is 21.7. The Morgan fingerprint density at radius 3 is 2.39 bits per heavy atom. The van der Waals surface area contributed by atoms with Crippen LogP contribution in [-0.2, 0) is 7.05 Å². The molecule has 3 aromatic carbocycles. The van der Waals surface area contributed by atoms with Crippen LogP contribution in [0.3, 0.4) is 0 Å². The van der Waals surface area contributed by atoms with Gasteiger partial charge in [-0.25, -0.2) is 0 Å². The topological polar surface area (TPSA) is 54.8 Å². The van der Waals surface area contributed by atoms with Crippen LogP contribution >= 0.6 is 15.9 Å². The highest BCUT2D eigenvalue weighted by Crippen LogP contribution is 2.44. The second-order valence-electron chi connectivity index (χ2n) is 8.61. The van der Waals surface area contributed by atoms with Crippen LogP contribution in [0, 0.1) is 0 Å². The molecule has 0 saturated heterocycles. The van der Waals surface area contributed by atoms with E-state index < -0.39 is 0 Å². The van der Waals surface area contributed by atoms with Crippen molar-refractivity contribution in [3.05, 3.63) is 64.1 Å². The van der Waals surface area contributed by atoms with Crippen LogP contribution in [0.1, 0.15) is 20.7 Å². The standard InChI is InChI=1S/C26H24BrN3O3/c1-28(2)11-12-33-21-10-9-15(27)13-17(21)18-14-20-22(16-7-5-6-8-19(16)29(20)3)24-23(18)25(31)30(4)26(24)32/h5-10,13-14H,11-12H2,1-4H3. The SMILES string of the molecule is CN(C)CCOc1ccc(Br)cc1-c1cc2c(c3c1C(=O)N(C)C3=O)c1ccccc1n2C. The summed E-state index contributed by atoms with van der Waals surface area (Å²) in [5.74, 6) is 0.109. The van der Waals surface area contributed by atoms with Gasteiger partial charge in [0.2, 0.25) is 0 Å². The smallest absolute Gasteiger partial charge is 0.262 e. The summed E-state index contributed by atoms with van der Waals surface area (Å²) < 4.78 is 9.08. The highest BCUT2D eigenvalue weighted by molar-refractivity contribution is 9.10. The lowest BCUT2D eigenvalue weighted by molar-refractivity contribution is 0.0694. The number of ether oxygens (including phenoxy) is 1. The number of hydrogen-bond acceptors (Lipinski definition) is 4. The fraction of sp³-hybridized carbons (Fsp3) is 0.231. The van der Waals surface area contributed by atoms with Crippen molar-refractivity contribution in [3.8, 4) is 16.9 Å². The van der Waals surface area contributed by atoms with E-state index in [1.54, 1.807) is 7.05 Å². The summed E-state index contributed by atoms with van der Waals surface area (Å²) in [5.41, 5.74) is 4.29. The Morgan fingerprint density at radius 1 is 0.909 bits per heavy atom. The lowest BCUT2D eigenvalue weighted by Crippen LogP contribution is -2.24. The molecule has 0 bridgehead atoms. The Kier molecular flexibility index (Phi) is 5.26. The molecule has 0 radical (unpaired) electrons. The molecular formula is C26H24BrN3O3. The van der Waals surface area contributed by atoms with Gasteiger partial charge in [0, 0.05) is 52.5 Å². The number of carbonyl (C=O) groups is 2. The summed E-state index contributed by atoms with van der Waals surface area (Å²) in [5, 5.41) is 1.78. The van der Waals surface area contributed by atoms with Crippen LogP contribution in [0.5, 0.6) is 5.75 Å². The van der Waals surface area contributed by atoms with E-state index in [0.717, 1.165) is 38.4 Å². The second-order valence-corrected chi connectivity index (χ2v) is 9.52. The van der Waals surface area contributed by atoms with Gasteiger partial charge in [-0.2, -0.15) is 0 Å². The van der Waals surface area contributed by atoms with Crippen molar-refractivity contribution in [2.75, 3.05) is 34.3 Å².